The van der Waals surface area contributed by atoms with Crippen molar-refractivity contribution in [3.8, 4) is 0 Å². The van der Waals surface area contributed by atoms with E-state index in [-0.39, 0.29) is 5.56 Å². The highest BCUT2D eigenvalue weighted by atomic mass is 16.1. The van der Waals surface area contributed by atoms with Crippen molar-refractivity contribution >= 4 is 5.78 Å². The van der Waals surface area contributed by atoms with Gasteiger partial charge in [-0.3, -0.25) is 4.79 Å². The molecule has 3 aromatic rings. The molecule has 2 aromatic heterocycles. The highest BCUT2D eigenvalue weighted by molar-refractivity contribution is 5.34. The fraction of sp³-hybridized carbons (Fsp3) is 0.154. The first kappa shape index (κ1) is 10.7. The fourth-order valence-electron chi connectivity index (χ4n) is 2.01. The third-order valence-corrected chi connectivity index (χ3v) is 2.98. The Balaban J connectivity index is 2.14. The van der Waals surface area contributed by atoms with Crippen molar-refractivity contribution in [3.63, 3.8) is 0 Å². The molecule has 1 aromatic carbocycles. The molecular formula is C13H12N4O. The summed E-state index contributed by atoms with van der Waals surface area (Å²) in [6, 6.07) is 9.89. The van der Waals surface area contributed by atoms with Crippen LogP contribution in [0.2, 0.25) is 0 Å². The zero-order valence-corrected chi connectivity index (χ0v) is 9.92. The molecule has 2 heterocycles. The first-order chi connectivity index (χ1) is 8.75. The van der Waals surface area contributed by atoms with Crippen molar-refractivity contribution in [2.24, 2.45) is 0 Å². The number of hydrogen-bond donors (Lipinski definition) is 1. The molecule has 0 aliphatic carbocycles. The molecule has 0 atom stereocenters. The Labute approximate surface area is 103 Å². The minimum absolute atomic E-state index is 0.0601. The monoisotopic (exact) mass is 240 g/mol. The van der Waals surface area contributed by atoms with Crippen molar-refractivity contribution in [2.75, 3.05) is 0 Å². The van der Waals surface area contributed by atoms with Gasteiger partial charge in [0, 0.05) is 12.0 Å². The average Bonchev–Trinajstić information content (AvgIpc) is 2.84. The van der Waals surface area contributed by atoms with E-state index in [4.69, 9.17) is 0 Å². The molecule has 1 N–H and O–H groups in total. The van der Waals surface area contributed by atoms with E-state index in [1.165, 1.54) is 10.7 Å². The van der Waals surface area contributed by atoms with Gasteiger partial charge < -0.3 is 0 Å². The molecule has 18 heavy (non-hydrogen) atoms. The number of nitrogens with one attached hydrogen (secondary N) is 1. The van der Waals surface area contributed by atoms with E-state index in [9.17, 15) is 4.79 Å². The predicted molar refractivity (Wildman–Crippen MR) is 67.6 cm³/mol. The lowest BCUT2D eigenvalue weighted by Gasteiger charge is -2.04. The Hall–Kier alpha value is -2.43. The van der Waals surface area contributed by atoms with Crippen LogP contribution in [0.3, 0.4) is 0 Å². The van der Waals surface area contributed by atoms with Crippen LogP contribution in [0.25, 0.3) is 5.78 Å². The van der Waals surface area contributed by atoms with Gasteiger partial charge in [-0.2, -0.15) is 5.10 Å². The van der Waals surface area contributed by atoms with E-state index in [1.54, 1.807) is 0 Å². The molecule has 0 saturated heterocycles. The summed E-state index contributed by atoms with van der Waals surface area (Å²) < 4.78 is 1.44. The van der Waals surface area contributed by atoms with Crippen molar-refractivity contribution in [1.82, 2.24) is 19.6 Å². The molecule has 0 bridgehead atoms. The number of rotatable bonds is 2. The first-order valence-corrected chi connectivity index (χ1v) is 5.71. The minimum Gasteiger partial charge on any atom is -0.268 e. The van der Waals surface area contributed by atoms with Crippen molar-refractivity contribution in [2.45, 2.75) is 13.3 Å². The topological polar surface area (TPSA) is 63.1 Å². The van der Waals surface area contributed by atoms with Gasteiger partial charge in [0.2, 0.25) is 5.78 Å². The molecule has 0 fully saturated rings. The summed E-state index contributed by atoms with van der Waals surface area (Å²) in [5.74, 6) is 0.481. The third-order valence-electron chi connectivity index (χ3n) is 2.98. The molecule has 0 amide bonds. The lowest BCUT2D eigenvalue weighted by molar-refractivity contribution is 0.954. The van der Waals surface area contributed by atoms with E-state index >= 15 is 0 Å². The van der Waals surface area contributed by atoms with Crippen LogP contribution in [0.1, 0.15) is 16.8 Å². The lowest BCUT2D eigenvalue weighted by Crippen LogP contribution is -2.20. The zero-order chi connectivity index (χ0) is 12.5. The number of benzene rings is 1. The van der Waals surface area contributed by atoms with E-state index < -0.39 is 0 Å². The van der Waals surface area contributed by atoms with Crippen LogP contribution >= 0.6 is 0 Å². The molecule has 0 saturated carbocycles. The second-order valence-corrected chi connectivity index (χ2v) is 4.19. The molecule has 0 aliphatic heterocycles. The SMILES string of the molecule is Cc1nc2[nH]ncn2c(=O)c1Cc1ccccc1. The van der Waals surface area contributed by atoms with Crippen molar-refractivity contribution < 1.29 is 0 Å². The number of hydrogen-bond acceptors (Lipinski definition) is 3. The summed E-state index contributed by atoms with van der Waals surface area (Å²) in [6.45, 7) is 1.85. The highest BCUT2D eigenvalue weighted by Crippen LogP contribution is 2.09. The van der Waals surface area contributed by atoms with Gasteiger partial charge in [0.1, 0.15) is 6.33 Å². The predicted octanol–water partition coefficient (Wildman–Crippen LogP) is 1.32. The van der Waals surface area contributed by atoms with E-state index in [2.05, 4.69) is 15.2 Å². The van der Waals surface area contributed by atoms with Gasteiger partial charge in [-0.25, -0.2) is 14.5 Å². The molecule has 0 unspecified atom stereocenters. The summed E-state index contributed by atoms with van der Waals surface area (Å²) in [7, 11) is 0. The van der Waals surface area contributed by atoms with E-state index in [0.29, 0.717) is 17.8 Å². The Morgan fingerprint density at radius 3 is 2.83 bits per heavy atom. The van der Waals surface area contributed by atoms with Crippen LogP contribution in [-0.4, -0.2) is 19.6 Å². The summed E-state index contributed by atoms with van der Waals surface area (Å²) >= 11 is 0. The fourth-order valence-corrected chi connectivity index (χ4v) is 2.01. The Morgan fingerprint density at radius 1 is 1.28 bits per heavy atom. The van der Waals surface area contributed by atoms with E-state index in [1.807, 2.05) is 37.3 Å². The maximum atomic E-state index is 12.3. The number of H-pyrrole nitrogens is 1. The molecule has 0 radical (unpaired) electrons. The number of nitrogens with zero attached hydrogens (tertiary/aromatic N) is 3. The second kappa shape index (κ2) is 4.10. The van der Waals surface area contributed by atoms with Crippen LogP contribution in [0.15, 0.2) is 41.5 Å². The quantitative estimate of drug-likeness (QED) is 0.734. The Morgan fingerprint density at radius 2 is 2.06 bits per heavy atom. The Bertz CT molecular complexity index is 743. The molecule has 5 nitrogen and oxygen atoms in total. The maximum Gasteiger partial charge on any atom is 0.264 e. The van der Waals surface area contributed by atoms with Gasteiger partial charge in [0.05, 0.1) is 5.69 Å². The minimum atomic E-state index is -0.0601. The van der Waals surface area contributed by atoms with Gasteiger partial charge in [-0.05, 0) is 12.5 Å². The molecule has 0 aliphatic rings. The van der Waals surface area contributed by atoms with Gasteiger partial charge in [-0.15, -0.1) is 0 Å². The first-order valence-electron chi connectivity index (χ1n) is 5.71. The normalized spacial score (nSPS) is 10.9. The summed E-state index contributed by atoms with van der Waals surface area (Å²) in [5, 5.41) is 6.52. The second-order valence-electron chi connectivity index (χ2n) is 4.19. The van der Waals surface area contributed by atoms with Crippen molar-refractivity contribution in [1.29, 1.82) is 0 Å². The molecule has 5 heteroatoms. The lowest BCUT2D eigenvalue weighted by atomic mass is 10.1. The smallest absolute Gasteiger partial charge is 0.264 e. The van der Waals surface area contributed by atoms with Crippen LogP contribution < -0.4 is 5.56 Å². The van der Waals surface area contributed by atoms with Crippen LogP contribution in [0.5, 0.6) is 0 Å². The summed E-state index contributed by atoms with van der Waals surface area (Å²) in [6.07, 6.45) is 2.05. The van der Waals surface area contributed by atoms with Gasteiger partial charge in [0.25, 0.3) is 5.56 Å². The third kappa shape index (κ3) is 1.69. The zero-order valence-electron chi connectivity index (χ0n) is 9.92. The summed E-state index contributed by atoms with van der Waals surface area (Å²) in [5.41, 5.74) is 2.49. The van der Waals surface area contributed by atoms with Gasteiger partial charge >= 0.3 is 0 Å². The number of aryl methyl sites for hydroxylation is 1. The maximum absolute atomic E-state index is 12.3. The van der Waals surface area contributed by atoms with Crippen LogP contribution in [-0.2, 0) is 6.42 Å². The van der Waals surface area contributed by atoms with Crippen LogP contribution in [0.4, 0.5) is 0 Å². The van der Waals surface area contributed by atoms with E-state index in [0.717, 1.165) is 11.3 Å². The highest BCUT2D eigenvalue weighted by Gasteiger charge is 2.10. The van der Waals surface area contributed by atoms with Gasteiger partial charge in [0.15, 0.2) is 0 Å². The van der Waals surface area contributed by atoms with Crippen LogP contribution in [0, 0.1) is 6.92 Å². The summed E-state index contributed by atoms with van der Waals surface area (Å²) in [4.78, 5) is 16.6. The molecular weight excluding hydrogens is 228 g/mol. The molecule has 0 spiro atoms. The Kier molecular flexibility index (Phi) is 2.44. The molecule has 90 valence electrons. The number of fused-ring (bicyclic) bond motifs is 1. The van der Waals surface area contributed by atoms with Crippen molar-refractivity contribution in [3.05, 3.63) is 63.8 Å². The average molecular weight is 240 g/mol. The standard InChI is InChI=1S/C13H12N4O/c1-9-11(7-10-5-3-2-4-6-10)12(18)17-8-14-16-13(17)15-9/h2-6,8H,7H2,1H3,(H,15,16). The number of aromatic nitrogens is 4. The largest absolute Gasteiger partial charge is 0.268 e. The molecule has 3 rings (SSSR count). The number of aromatic amines is 1. The van der Waals surface area contributed by atoms with Gasteiger partial charge in [-0.1, -0.05) is 30.3 Å².